The molecule has 0 saturated heterocycles. The van der Waals surface area contributed by atoms with Gasteiger partial charge >= 0.3 is 6.18 Å². The van der Waals surface area contributed by atoms with Crippen molar-refractivity contribution in [2.75, 3.05) is 12.1 Å². The molecule has 10 heteroatoms. The summed E-state index contributed by atoms with van der Waals surface area (Å²) < 4.78 is 53.2. The first-order valence-electron chi connectivity index (χ1n) is 10.5. The lowest BCUT2D eigenvalue weighted by Gasteiger charge is -2.33. The summed E-state index contributed by atoms with van der Waals surface area (Å²) in [5.41, 5.74) is 0.646. The van der Waals surface area contributed by atoms with Gasteiger partial charge in [0.1, 0.15) is 5.82 Å². The molecule has 31 heavy (non-hydrogen) atoms. The Balaban J connectivity index is 1.41. The highest BCUT2D eigenvalue weighted by molar-refractivity contribution is 5.93. The highest BCUT2D eigenvalue weighted by Gasteiger charge is 2.47. The lowest BCUT2D eigenvalue weighted by Crippen LogP contribution is -2.37. The van der Waals surface area contributed by atoms with Crippen LogP contribution < -0.4 is 20.1 Å². The first kappa shape index (κ1) is 20.0. The van der Waals surface area contributed by atoms with Crippen molar-refractivity contribution in [3.8, 4) is 11.5 Å². The van der Waals surface area contributed by atoms with Crippen LogP contribution in [0.15, 0.2) is 24.3 Å². The molecule has 2 aromatic rings. The maximum absolute atomic E-state index is 13.9. The summed E-state index contributed by atoms with van der Waals surface area (Å²) in [6.45, 7) is 0.0916. The third-order valence-electron chi connectivity index (χ3n) is 6.16. The van der Waals surface area contributed by atoms with Crippen molar-refractivity contribution in [1.82, 2.24) is 15.1 Å². The average Bonchev–Trinajstić information content (AvgIpc) is 3.39. The van der Waals surface area contributed by atoms with Crippen molar-refractivity contribution in [3.05, 3.63) is 35.5 Å². The molecule has 3 heterocycles. The van der Waals surface area contributed by atoms with Crippen LogP contribution in [0.4, 0.5) is 19.0 Å². The molecule has 1 aliphatic carbocycles. The molecule has 166 valence electrons. The van der Waals surface area contributed by atoms with Crippen LogP contribution in [0.1, 0.15) is 66.7 Å². The highest BCUT2D eigenvalue weighted by Crippen LogP contribution is 2.45. The van der Waals surface area contributed by atoms with Gasteiger partial charge in [0.15, 0.2) is 23.2 Å². The summed E-state index contributed by atoms with van der Waals surface area (Å²) in [5.74, 6) is 0.814. The van der Waals surface area contributed by atoms with Gasteiger partial charge < -0.3 is 20.1 Å². The van der Waals surface area contributed by atoms with E-state index < -0.39 is 24.2 Å². The molecule has 0 unspecified atom stereocenters. The Kier molecular flexibility index (Phi) is 4.94. The number of nitrogens with zero attached hydrogens (tertiary/aromatic N) is 2. The smallest absolute Gasteiger partial charge is 0.410 e. The Morgan fingerprint density at radius 3 is 2.68 bits per heavy atom. The van der Waals surface area contributed by atoms with Gasteiger partial charge in [0.05, 0.1) is 6.04 Å². The molecule has 7 nitrogen and oxygen atoms in total. The zero-order chi connectivity index (χ0) is 21.6. The van der Waals surface area contributed by atoms with E-state index in [0.717, 1.165) is 36.8 Å². The van der Waals surface area contributed by atoms with Gasteiger partial charge in [0, 0.05) is 18.5 Å². The lowest BCUT2D eigenvalue weighted by atomic mass is 9.95. The number of carbonyl (C=O) groups is 1. The van der Waals surface area contributed by atoms with Crippen molar-refractivity contribution in [1.29, 1.82) is 0 Å². The number of hydrogen-bond acceptors (Lipinski definition) is 5. The second-order valence-electron chi connectivity index (χ2n) is 8.27. The number of ether oxygens (including phenoxy) is 2. The summed E-state index contributed by atoms with van der Waals surface area (Å²) in [4.78, 5) is 12.6. The fourth-order valence-corrected chi connectivity index (χ4v) is 4.54. The zero-order valence-electron chi connectivity index (χ0n) is 16.7. The Morgan fingerprint density at radius 1 is 1.13 bits per heavy atom. The van der Waals surface area contributed by atoms with Crippen LogP contribution >= 0.6 is 0 Å². The number of hydrogen-bond donors (Lipinski definition) is 2. The van der Waals surface area contributed by atoms with Crippen LogP contribution in [0.25, 0.3) is 0 Å². The minimum atomic E-state index is -4.51. The second-order valence-corrected chi connectivity index (χ2v) is 8.27. The molecule has 0 radical (unpaired) electrons. The van der Waals surface area contributed by atoms with Crippen LogP contribution in [-0.4, -0.2) is 34.7 Å². The van der Waals surface area contributed by atoms with Gasteiger partial charge in [0.25, 0.3) is 5.91 Å². The molecule has 5 rings (SSSR count). The number of aromatic nitrogens is 2. The first-order chi connectivity index (χ1) is 14.9. The molecule has 2 N–H and O–H groups in total. The summed E-state index contributed by atoms with van der Waals surface area (Å²) in [5, 5.41) is 10.1. The Labute approximate surface area is 176 Å². The van der Waals surface area contributed by atoms with Gasteiger partial charge in [-0.2, -0.15) is 18.3 Å². The molecule has 1 aromatic carbocycles. The Morgan fingerprint density at radius 2 is 1.90 bits per heavy atom. The fourth-order valence-electron chi connectivity index (χ4n) is 4.54. The van der Waals surface area contributed by atoms with Crippen molar-refractivity contribution in [2.24, 2.45) is 0 Å². The molecule has 1 fully saturated rings. The first-order valence-corrected chi connectivity index (χ1v) is 10.5. The van der Waals surface area contributed by atoms with Gasteiger partial charge in [-0.25, -0.2) is 4.68 Å². The van der Waals surface area contributed by atoms with Gasteiger partial charge in [-0.1, -0.05) is 25.3 Å². The summed E-state index contributed by atoms with van der Waals surface area (Å²) in [6.07, 6.45) is 0.239. The zero-order valence-corrected chi connectivity index (χ0v) is 16.7. The number of amides is 1. The van der Waals surface area contributed by atoms with E-state index in [0.29, 0.717) is 17.1 Å². The van der Waals surface area contributed by atoms with E-state index in [1.807, 2.05) is 0 Å². The maximum atomic E-state index is 13.9. The summed E-state index contributed by atoms with van der Waals surface area (Å²) >= 11 is 0. The van der Waals surface area contributed by atoms with E-state index in [1.54, 1.807) is 18.2 Å². The highest BCUT2D eigenvalue weighted by atomic mass is 19.4. The average molecular weight is 436 g/mol. The quantitative estimate of drug-likeness (QED) is 0.749. The number of benzene rings is 1. The Bertz CT molecular complexity index is 985. The van der Waals surface area contributed by atoms with E-state index >= 15 is 0 Å². The van der Waals surface area contributed by atoms with E-state index in [2.05, 4.69) is 15.7 Å². The van der Waals surface area contributed by atoms with E-state index in [-0.39, 0.29) is 30.8 Å². The molecule has 1 saturated carbocycles. The number of carbonyl (C=O) groups excluding carboxylic acids is 1. The third-order valence-corrected chi connectivity index (χ3v) is 6.16. The molecule has 1 amide bonds. The van der Waals surface area contributed by atoms with Crippen LogP contribution in [0.2, 0.25) is 0 Å². The minimum Gasteiger partial charge on any atom is -0.454 e. The topological polar surface area (TPSA) is 77.4 Å². The maximum Gasteiger partial charge on any atom is 0.410 e. The van der Waals surface area contributed by atoms with Gasteiger partial charge in [-0.3, -0.25) is 4.79 Å². The third kappa shape index (κ3) is 3.90. The number of rotatable bonds is 3. The Hall–Kier alpha value is -2.91. The fraction of sp³-hybridized carbons (Fsp3) is 0.524. The van der Waals surface area contributed by atoms with E-state index in [9.17, 15) is 18.0 Å². The predicted octanol–water partition coefficient (Wildman–Crippen LogP) is 4.33. The molecule has 0 spiro atoms. The number of fused-ring (bicyclic) bond motifs is 2. The van der Waals surface area contributed by atoms with E-state index in [4.69, 9.17) is 9.47 Å². The van der Waals surface area contributed by atoms with E-state index in [1.165, 1.54) is 6.07 Å². The number of alkyl halides is 3. The van der Waals surface area contributed by atoms with Crippen molar-refractivity contribution in [2.45, 2.75) is 62.8 Å². The summed E-state index contributed by atoms with van der Waals surface area (Å²) in [6, 6.07) is 4.10. The van der Waals surface area contributed by atoms with Crippen LogP contribution in [0.5, 0.6) is 11.5 Å². The molecule has 0 bridgehead atoms. The lowest BCUT2D eigenvalue weighted by molar-refractivity contribution is -0.173. The normalized spacial score (nSPS) is 23.2. The molecular formula is C21H23F3N4O3. The van der Waals surface area contributed by atoms with Gasteiger partial charge in [0.2, 0.25) is 6.79 Å². The number of nitrogens with one attached hydrogen (secondary N) is 2. The predicted molar refractivity (Wildman–Crippen MR) is 105 cm³/mol. The van der Waals surface area contributed by atoms with Crippen molar-refractivity contribution < 1.29 is 27.4 Å². The minimum absolute atomic E-state index is 0.00587. The molecule has 2 aliphatic heterocycles. The van der Waals surface area contributed by atoms with Gasteiger partial charge in [-0.15, -0.1) is 0 Å². The number of halogens is 3. The van der Waals surface area contributed by atoms with Gasteiger partial charge in [-0.05, 0) is 30.5 Å². The second kappa shape index (κ2) is 7.65. The molecule has 3 aliphatic rings. The van der Waals surface area contributed by atoms with Crippen LogP contribution in [0, 0.1) is 0 Å². The largest absolute Gasteiger partial charge is 0.454 e. The monoisotopic (exact) mass is 436 g/mol. The van der Waals surface area contributed by atoms with Crippen LogP contribution in [-0.2, 0) is 0 Å². The van der Waals surface area contributed by atoms with Crippen molar-refractivity contribution in [3.63, 3.8) is 0 Å². The molecular weight excluding hydrogens is 413 g/mol. The summed E-state index contributed by atoms with van der Waals surface area (Å²) in [7, 11) is 0. The standard InChI is InChI=1S/C21H23F3N4O3/c22-21(23,24)18-9-14(12-6-7-16-17(8-12)31-11-30-16)26-19-10-15(27-28(18)19)20(29)25-13-4-2-1-3-5-13/h6-8,10,13-14,18,26H,1-5,9,11H2,(H,25,29)/t14-,18-/m0/s1. The number of anilines is 1. The molecule has 2 atom stereocenters. The SMILES string of the molecule is O=C(NC1CCCCC1)c1cc2n(n1)[C@H](C(F)(F)F)C[C@@H](c1ccc3c(c1)OCO3)N2. The molecule has 1 aromatic heterocycles. The van der Waals surface area contributed by atoms with Crippen LogP contribution in [0.3, 0.4) is 0 Å². The van der Waals surface area contributed by atoms with Crippen molar-refractivity contribution >= 4 is 11.7 Å².